The molecular formula is C18H13F3N4O2S2. The van der Waals surface area contributed by atoms with E-state index in [2.05, 4.69) is 15.3 Å². The number of carbonyl (C=O) groups is 2. The number of pyridine rings is 1. The zero-order valence-corrected chi connectivity index (χ0v) is 16.3. The Hall–Kier alpha value is -2.66. The van der Waals surface area contributed by atoms with E-state index >= 15 is 0 Å². The number of amides is 2. The number of thioether (sulfide) groups is 1. The number of thiazole rings is 1. The number of nitrogens with one attached hydrogen (secondary N) is 1. The van der Waals surface area contributed by atoms with Crippen molar-refractivity contribution < 1.29 is 22.8 Å². The van der Waals surface area contributed by atoms with Crippen LogP contribution in [0.2, 0.25) is 0 Å². The fraction of sp³-hybridized carbons (Fsp3) is 0.222. The minimum atomic E-state index is -4.60. The van der Waals surface area contributed by atoms with Crippen LogP contribution in [0.4, 0.5) is 18.3 Å². The Labute approximate surface area is 171 Å². The molecule has 0 saturated carbocycles. The Morgan fingerprint density at radius 1 is 1.21 bits per heavy atom. The number of nitrogens with zero attached hydrogens (tertiary/aromatic N) is 3. The summed E-state index contributed by atoms with van der Waals surface area (Å²) in [5.74, 6) is 0.0571. The molecule has 3 heterocycles. The van der Waals surface area contributed by atoms with Crippen molar-refractivity contribution in [2.45, 2.75) is 6.18 Å². The van der Waals surface area contributed by atoms with Gasteiger partial charge in [-0.15, -0.1) is 11.8 Å². The molecule has 1 aliphatic rings. The van der Waals surface area contributed by atoms with E-state index < -0.39 is 17.6 Å². The summed E-state index contributed by atoms with van der Waals surface area (Å²) in [5.41, 5.74) is -0.269. The normalized spacial score (nSPS) is 14.6. The predicted molar refractivity (Wildman–Crippen MR) is 106 cm³/mol. The summed E-state index contributed by atoms with van der Waals surface area (Å²) in [4.78, 5) is 33.5. The van der Waals surface area contributed by atoms with Crippen LogP contribution in [0.15, 0.2) is 36.4 Å². The Bertz CT molecular complexity index is 1090. The Balaban J connectivity index is 1.67. The van der Waals surface area contributed by atoms with Crippen LogP contribution in [0, 0.1) is 0 Å². The SMILES string of the molecule is O=C(CN1CSCC1=O)Nc1nc2nc(-c3ccccc3)cc(C(F)(F)F)c2s1. The molecular weight excluding hydrogens is 425 g/mol. The van der Waals surface area contributed by atoms with Crippen molar-refractivity contribution in [3.05, 3.63) is 42.0 Å². The Morgan fingerprint density at radius 2 is 1.97 bits per heavy atom. The number of alkyl halides is 3. The van der Waals surface area contributed by atoms with Crippen molar-refractivity contribution >= 4 is 50.4 Å². The molecule has 4 rings (SSSR count). The van der Waals surface area contributed by atoms with Crippen LogP contribution in [0.5, 0.6) is 0 Å². The van der Waals surface area contributed by atoms with Crippen LogP contribution in [0.25, 0.3) is 21.6 Å². The fourth-order valence-electron chi connectivity index (χ4n) is 2.81. The summed E-state index contributed by atoms with van der Waals surface area (Å²) >= 11 is 2.10. The molecule has 1 N–H and O–H groups in total. The number of aromatic nitrogens is 2. The van der Waals surface area contributed by atoms with Gasteiger partial charge < -0.3 is 10.2 Å². The highest BCUT2D eigenvalue weighted by atomic mass is 32.2. The summed E-state index contributed by atoms with van der Waals surface area (Å²) in [5, 5.41) is 2.48. The van der Waals surface area contributed by atoms with Gasteiger partial charge in [0.25, 0.3) is 0 Å². The highest BCUT2D eigenvalue weighted by Gasteiger charge is 2.35. The van der Waals surface area contributed by atoms with E-state index in [1.54, 1.807) is 30.3 Å². The number of hydrogen-bond donors (Lipinski definition) is 1. The first-order valence-corrected chi connectivity index (χ1v) is 10.4. The molecule has 3 aromatic rings. The van der Waals surface area contributed by atoms with Gasteiger partial charge in [0.15, 0.2) is 10.8 Å². The molecule has 1 fully saturated rings. The van der Waals surface area contributed by atoms with E-state index in [1.165, 1.54) is 16.7 Å². The van der Waals surface area contributed by atoms with Crippen LogP contribution >= 0.6 is 23.1 Å². The van der Waals surface area contributed by atoms with Gasteiger partial charge in [-0.2, -0.15) is 18.2 Å². The molecule has 1 saturated heterocycles. The number of carbonyl (C=O) groups excluding carboxylic acids is 2. The quantitative estimate of drug-likeness (QED) is 0.670. The van der Waals surface area contributed by atoms with E-state index in [4.69, 9.17) is 0 Å². The zero-order valence-electron chi connectivity index (χ0n) is 14.7. The van der Waals surface area contributed by atoms with Crippen LogP contribution in [0.3, 0.4) is 0 Å². The molecule has 11 heteroatoms. The van der Waals surface area contributed by atoms with Crippen LogP contribution in [-0.4, -0.2) is 44.9 Å². The minimum Gasteiger partial charge on any atom is -0.323 e. The Kier molecular flexibility index (Phi) is 5.17. The third kappa shape index (κ3) is 4.20. The van der Waals surface area contributed by atoms with Gasteiger partial charge in [0, 0.05) is 5.56 Å². The third-order valence-corrected chi connectivity index (χ3v) is 6.08. The van der Waals surface area contributed by atoms with Gasteiger partial charge in [-0.25, -0.2) is 4.98 Å². The lowest BCUT2D eigenvalue weighted by Crippen LogP contribution is -2.34. The first-order chi connectivity index (χ1) is 13.8. The zero-order chi connectivity index (χ0) is 20.6. The minimum absolute atomic E-state index is 0.00695. The second-order valence-corrected chi connectivity index (χ2v) is 8.16. The molecule has 0 spiro atoms. The average molecular weight is 438 g/mol. The van der Waals surface area contributed by atoms with Gasteiger partial charge in [0.2, 0.25) is 11.8 Å². The first-order valence-electron chi connectivity index (χ1n) is 8.41. The first kappa shape index (κ1) is 19.6. The average Bonchev–Trinajstić information content (AvgIpc) is 3.26. The maximum atomic E-state index is 13.6. The number of anilines is 1. The summed E-state index contributed by atoms with van der Waals surface area (Å²) in [6.45, 7) is -0.170. The van der Waals surface area contributed by atoms with Gasteiger partial charge in [-0.3, -0.25) is 9.59 Å². The van der Waals surface area contributed by atoms with Crippen molar-refractivity contribution in [3.63, 3.8) is 0 Å². The lowest BCUT2D eigenvalue weighted by Gasteiger charge is -2.12. The van der Waals surface area contributed by atoms with Crippen molar-refractivity contribution in [1.82, 2.24) is 14.9 Å². The molecule has 0 unspecified atom stereocenters. The summed E-state index contributed by atoms with van der Waals surface area (Å²) in [7, 11) is 0. The molecule has 2 amide bonds. The van der Waals surface area contributed by atoms with E-state index in [0.29, 0.717) is 28.5 Å². The van der Waals surface area contributed by atoms with Crippen molar-refractivity contribution in [2.24, 2.45) is 0 Å². The van der Waals surface area contributed by atoms with Crippen molar-refractivity contribution in [1.29, 1.82) is 0 Å². The largest absolute Gasteiger partial charge is 0.417 e. The van der Waals surface area contributed by atoms with Crippen molar-refractivity contribution in [3.8, 4) is 11.3 Å². The number of hydrogen-bond acceptors (Lipinski definition) is 6. The summed E-state index contributed by atoms with van der Waals surface area (Å²) < 4.78 is 40.7. The van der Waals surface area contributed by atoms with E-state index in [1.807, 2.05) is 0 Å². The molecule has 2 aromatic heterocycles. The highest BCUT2D eigenvalue weighted by Crippen LogP contribution is 2.40. The second-order valence-electron chi connectivity index (χ2n) is 6.21. The summed E-state index contributed by atoms with van der Waals surface area (Å²) in [6.07, 6.45) is -4.60. The van der Waals surface area contributed by atoms with E-state index in [9.17, 15) is 22.8 Å². The lowest BCUT2D eigenvalue weighted by molar-refractivity contribution is -0.136. The molecule has 0 atom stereocenters. The molecule has 150 valence electrons. The van der Waals surface area contributed by atoms with Crippen LogP contribution in [-0.2, 0) is 15.8 Å². The molecule has 6 nitrogen and oxygen atoms in total. The van der Waals surface area contributed by atoms with E-state index in [0.717, 1.165) is 6.07 Å². The number of halogens is 3. The molecule has 0 radical (unpaired) electrons. The highest BCUT2D eigenvalue weighted by molar-refractivity contribution is 8.00. The van der Waals surface area contributed by atoms with Gasteiger partial charge in [0.05, 0.1) is 27.6 Å². The molecule has 0 bridgehead atoms. The number of benzene rings is 1. The maximum Gasteiger partial charge on any atom is 0.417 e. The molecule has 1 aromatic carbocycles. The van der Waals surface area contributed by atoms with E-state index in [-0.39, 0.29) is 33.6 Å². The van der Waals surface area contributed by atoms with Crippen molar-refractivity contribution in [2.75, 3.05) is 23.5 Å². The third-order valence-electron chi connectivity index (χ3n) is 4.14. The number of fused-ring (bicyclic) bond motifs is 1. The Morgan fingerprint density at radius 3 is 2.62 bits per heavy atom. The number of rotatable bonds is 4. The van der Waals surface area contributed by atoms with Gasteiger partial charge in [-0.1, -0.05) is 41.7 Å². The monoisotopic (exact) mass is 438 g/mol. The fourth-order valence-corrected chi connectivity index (χ4v) is 4.67. The summed E-state index contributed by atoms with van der Waals surface area (Å²) in [6, 6.07) is 9.48. The van der Waals surface area contributed by atoms with Gasteiger partial charge >= 0.3 is 6.18 Å². The predicted octanol–water partition coefficient (Wildman–Crippen LogP) is 3.85. The second kappa shape index (κ2) is 7.64. The van der Waals surface area contributed by atoms with Crippen LogP contribution in [0.1, 0.15) is 5.56 Å². The smallest absolute Gasteiger partial charge is 0.323 e. The standard InChI is InChI=1S/C18H13F3N4O2S2/c19-18(20,21)11-6-12(10-4-2-1-3-5-10)22-16-15(11)29-17(24-16)23-13(26)7-25-9-28-8-14(25)27/h1-6H,7-9H2,(H,22,23,24,26). The van der Waals surface area contributed by atoms with Crippen LogP contribution < -0.4 is 5.32 Å². The molecule has 1 aliphatic heterocycles. The van der Waals surface area contributed by atoms with Gasteiger partial charge in [0.1, 0.15) is 6.54 Å². The topological polar surface area (TPSA) is 75.2 Å². The lowest BCUT2D eigenvalue weighted by atomic mass is 10.1. The molecule has 0 aliphatic carbocycles. The van der Waals surface area contributed by atoms with Gasteiger partial charge in [-0.05, 0) is 6.07 Å². The maximum absolute atomic E-state index is 13.6. The molecule has 29 heavy (non-hydrogen) atoms.